The molecule has 192 valence electrons. The molecule has 1 saturated heterocycles. The number of nitrogens with zero attached hydrogens (tertiary/aromatic N) is 3. The average Bonchev–Trinajstić information content (AvgIpc) is 3.21. The summed E-state index contributed by atoms with van der Waals surface area (Å²) in [6, 6.07) is 1.41. The summed E-state index contributed by atoms with van der Waals surface area (Å²) in [4.78, 5) is 28.6. The molecule has 0 atom stereocenters. The van der Waals surface area contributed by atoms with Gasteiger partial charge in [0.15, 0.2) is 5.56 Å². The Morgan fingerprint density at radius 1 is 1.23 bits per heavy atom. The number of halogens is 3. The first-order valence-electron chi connectivity index (χ1n) is 11.6. The number of amides is 2. The second-order valence-corrected chi connectivity index (χ2v) is 9.46. The first kappa shape index (κ1) is 27.1. The van der Waals surface area contributed by atoms with Crippen LogP contribution < -0.4 is 10.1 Å². The van der Waals surface area contributed by atoms with Gasteiger partial charge in [0, 0.05) is 18.1 Å². The lowest BCUT2D eigenvalue weighted by molar-refractivity contribution is 0.0693. The van der Waals surface area contributed by atoms with Crippen LogP contribution in [0.25, 0.3) is 0 Å². The van der Waals surface area contributed by atoms with Crippen LogP contribution in [0, 0.1) is 11.6 Å². The summed E-state index contributed by atoms with van der Waals surface area (Å²) < 4.78 is 37.2. The molecule has 2 aromatic rings. The summed E-state index contributed by atoms with van der Waals surface area (Å²) >= 11 is 6.34. The molecule has 1 fully saturated rings. The molecule has 2 amide bonds. The fraction of sp³-hybridized carbons (Fsp3) is 0.522. The molecule has 0 aliphatic carbocycles. The van der Waals surface area contributed by atoms with E-state index in [9.17, 15) is 23.5 Å². The number of hydrogen-bond acceptors (Lipinski definition) is 6. The summed E-state index contributed by atoms with van der Waals surface area (Å²) in [7, 11) is 0. The second-order valence-electron chi connectivity index (χ2n) is 8.25. The van der Waals surface area contributed by atoms with Crippen molar-refractivity contribution in [3.63, 3.8) is 0 Å². The number of likely N-dealkylation sites (tertiary alicyclic amines) is 1. The highest BCUT2D eigenvalue weighted by Gasteiger charge is 2.25. The van der Waals surface area contributed by atoms with Crippen LogP contribution in [0.5, 0.6) is 5.88 Å². The molecular formula is C23H29ClF2N4O4S. The molecular weight excluding hydrogens is 502 g/mol. The maximum Gasteiger partial charge on any atom is 0.344 e. The Balaban J connectivity index is 1.58. The molecule has 1 aliphatic rings. The zero-order chi connectivity index (χ0) is 25.4. The van der Waals surface area contributed by atoms with Crippen molar-refractivity contribution in [3.8, 4) is 5.88 Å². The first-order chi connectivity index (χ1) is 16.8. The largest absolute Gasteiger partial charge is 0.477 e. The van der Waals surface area contributed by atoms with Crippen LogP contribution in [0.4, 0.5) is 18.6 Å². The van der Waals surface area contributed by atoms with E-state index in [0.29, 0.717) is 13.1 Å². The van der Waals surface area contributed by atoms with E-state index in [1.807, 2.05) is 6.92 Å². The molecule has 0 radical (unpaired) electrons. The lowest BCUT2D eigenvalue weighted by Gasteiger charge is -2.27. The summed E-state index contributed by atoms with van der Waals surface area (Å²) in [6.07, 6.45) is 5.57. The predicted molar refractivity (Wildman–Crippen MR) is 131 cm³/mol. The van der Waals surface area contributed by atoms with Crippen molar-refractivity contribution in [2.24, 2.45) is 0 Å². The van der Waals surface area contributed by atoms with Gasteiger partial charge in [-0.05, 0) is 75.9 Å². The number of benzene rings is 1. The number of aromatic nitrogens is 1. The van der Waals surface area contributed by atoms with Gasteiger partial charge in [-0.1, -0.05) is 18.0 Å². The predicted octanol–water partition coefficient (Wildman–Crippen LogP) is 5.47. The zero-order valence-corrected chi connectivity index (χ0v) is 21.1. The van der Waals surface area contributed by atoms with Crippen molar-refractivity contribution in [1.29, 1.82) is 0 Å². The number of nitrogens with one attached hydrogen (secondary N) is 1. The smallest absolute Gasteiger partial charge is 0.344 e. The molecule has 2 N–H and O–H groups in total. The van der Waals surface area contributed by atoms with Crippen molar-refractivity contribution in [2.45, 2.75) is 45.6 Å². The standard InChI is InChI=1S/C23H29ClF2N4O4S/c1-2-30(11-7-6-10-29-8-4-3-5-9-29)23(33)27-21-19(22(31)32)20(28-35-21)34-14-16-17(25)12-15(24)13-18(16)26/h12-13H,2-11,14H2,1H3,(H,27,33)(H,31,32). The Hall–Kier alpha value is -2.50. The minimum absolute atomic E-state index is 0.0127. The highest BCUT2D eigenvalue weighted by molar-refractivity contribution is 7.11. The number of aromatic carboxylic acids is 1. The SMILES string of the molecule is CCN(CCCCN1CCCCC1)C(=O)Nc1snc(OCc2c(F)cc(Cl)cc2F)c1C(=O)O. The number of unbranched alkanes of at least 4 members (excludes halogenated alkanes) is 1. The maximum absolute atomic E-state index is 14.0. The van der Waals surface area contributed by atoms with E-state index in [0.717, 1.165) is 56.1 Å². The van der Waals surface area contributed by atoms with Crippen LogP contribution in [-0.2, 0) is 6.61 Å². The monoisotopic (exact) mass is 530 g/mol. The minimum atomic E-state index is -1.38. The number of carbonyl (C=O) groups excluding carboxylic acids is 1. The van der Waals surface area contributed by atoms with Crippen molar-refractivity contribution >= 4 is 40.1 Å². The van der Waals surface area contributed by atoms with E-state index < -0.39 is 35.8 Å². The molecule has 35 heavy (non-hydrogen) atoms. The quantitative estimate of drug-likeness (QED) is 0.374. The number of ether oxygens (including phenoxy) is 1. The Kier molecular flexibility index (Phi) is 10.1. The van der Waals surface area contributed by atoms with E-state index in [4.69, 9.17) is 16.3 Å². The van der Waals surface area contributed by atoms with Gasteiger partial charge in [0.2, 0.25) is 5.88 Å². The van der Waals surface area contributed by atoms with E-state index >= 15 is 0 Å². The molecule has 0 saturated carbocycles. The number of carbonyl (C=O) groups is 2. The van der Waals surface area contributed by atoms with Gasteiger partial charge in [-0.3, -0.25) is 5.32 Å². The molecule has 0 unspecified atom stereocenters. The van der Waals surface area contributed by atoms with Gasteiger partial charge in [0.1, 0.15) is 23.2 Å². The third-order valence-corrected chi connectivity index (χ3v) is 6.79. The fourth-order valence-corrected chi connectivity index (χ4v) is 4.81. The number of anilines is 1. The van der Waals surface area contributed by atoms with Crippen molar-refractivity contribution in [1.82, 2.24) is 14.2 Å². The minimum Gasteiger partial charge on any atom is -0.477 e. The van der Waals surface area contributed by atoms with E-state index in [-0.39, 0.29) is 21.5 Å². The normalized spacial score (nSPS) is 14.1. The number of carboxylic acids is 1. The highest BCUT2D eigenvalue weighted by Crippen LogP contribution is 2.32. The van der Waals surface area contributed by atoms with Crippen LogP contribution in [0.2, 0.25) is 5.02 Å². The maximum atomic E-state index is 14.0. The number of piperidine rings is 1. The summed E-state index contributed by atoms with van der Waals surface area (Å²) in [5.41, 5.74) is -0.787. The van der Waals surface area contributed by atoms with Crippen LogP contribution >= 0.6 is 23.1 Å². The second kappa shape index (κ2) is 13.0. The third kappa shape index (κ3) is 7.49. The molecule has 1 aliphatic heterocycles. The Bertz CT molecular complexity index is 1010. The summed E-state index contributed by atoms with van der Waals surface area (Å²) in [5, 5.41) is 12.1. The van der Waals surface area contributed by atoms with Gasteiger partial charge >= 0.3 is 12.0 Å². The lowest BCUT2D eigenvalue weighted by atomic mass is 10.1. The Morgan fingerprint density at radius 2 is 1.91 bits per heavy atom. The van der Waals surface area contributed by atoms with E-state index in [1.54, 1.807) is 4.90 Å². The first-order valence-corrected chi connectivity index (χ1v) is 12.7. The fourth-order valence-electron chi connectivity index (χ4n) is 3.90. The molecule has 12 heteroatoms. The van der Waals surface area contributed by atoms with E-state index in [2.05, 4.69) is 14.6 Å². The van der Waals surface area contributed by atoms with Crippen LogP contribution in [0.15, 0.2) is 12.1 Å². The Labute approximate surface area is 212 Å². The number of carboxylic acid groups (broad SMARTS) is 1. The summed E-state index contributed by atoms with van der Waals surface area (Å²) in [6.45, 7) is 5.51. The van der Waals surface area contributed by atoms with Crippen molar-refractivity contribution in [3.05, 3.63) is 39.9 Å². The average molecular weight is 531 g/mol. The molecule has 0 spiro atoms. The zero-order valence-electron chi connectivity index (χ0n) is 19.5. The summed E-state index contributed by atoms with van der Waals surface area (Å²) in [5.74, 6) is -3.56. The molecule has 8 nitrogen and oxygen atoms in total. The van der Waals surface area contributed by atoms with Crippen LogP contribution in [0.3, 0.4) is 0 Å². The molecule has 0 bridgehead atoms. The topological polar surface area (TPSA) is 95.0 Å². The molecule has 1 aromatic heterocycles. The van der Waals surface area contributed by atoms with Crippen molar-refractivity contribution < 1.29 is 28.2 Å². The molecule has 1 aromatic carbocycles. The molecule has 2 heterocycles. The molecule has 3 rings (SSSR count). The number of urea groups is 1. The highest BCUT2D eigenvalue weighted by atomic mass is 35.5. The van der Waals surface area contributed by atoms with Crippen LogP contribution in [-0.4, -0.2) is 64.0 Å². The van der Waals surface area contributed by atoms with Gasteiger partial charge < -0.3 is 19.6 Å². The third-order valence-electron chi connectivity index (χ3n) is 5.82. The Morgan fingerprint density at radius 3 is 2.54 bits per heavy atom. The number of hydrogen-bond donors (Lipinski definition) is 2. The van der Waals surface area contributed by atoms with Gasteiger partial charge in [0.05, 0.1) is 5.56 Å². The van der Waals surface area contributed by atoms with Gasteiger partial charge in [-0.2, -0.15) is 4.37 Å². The van der Waals surface area contributed by atoms with E-state index in [1.165, 1.54) is 19.3 Å². The van der Waals surface area contributed by atoms with Crippen LogP contribution in [0.1, 0.15) is 54.9 Å². The van der Waals surface area contributed by atoms with Gasteiger partial charge in [-0.25, -0.2) is 18.4 Å². The lowest BCUT2D eigenvalue weighted by Crippen LogP contribution is -2.36. The van der Waals surface area contributed by atoms with Gasteiger partial charge in [-0.15, -0.1) is 0 Å². The van der Waals surface area contributed by atoms with Gasteiger partial charge in [0.25, 0.3) is 0 Å². The van der Waals surface area contributed by atoms with Crippen molar-refractivity contribution in [2.75, 3.05) is 38.0 Å². The number of rotatable bonds is 11.